The van der Waals surface area contributed by atoms with E-state index in [1.54, 1.807) is 6.07 Å². The molecular formula is C14H20FNO. The Kier molecular flexibility index (Phi) is 4.13. The van der Waals surface area contributed by atoms with Crippen LogP contribution in [-0.4, -0.2) is 19.3 Å². The summed E-state index contributed by atoms with van der Waals surface area (Å²) in [6, 6.07) is 4.95. The van der Waals surface area contributed by atoms with Gasteiger partial charge in [-0.3, -0.25) is 0 Å². The van der Waals surface area contributed by atoms with Gasteiger partial charge in [-0.2, -0.15) is 0 Å². The van der Waals surface area contributed by atoms with Gasteiger partial charge >= 0.3 is 0 Å². The van der Waals surface area contributed by atoms with Crippen molar-refractivity contribution in [3.05, 3.63) is 35.1 Å². The van der Waals surface area contributed by atoms with Crippen LogP contribution in [0.2, 0.25) is 0 Å². The highest BCUT2D eigenvalue weighted by Crippen LogP contribution is 2.19. The zero-order chi connectivity index (χ0) is 12.3. The third-order valence-electron chi connectivity index (χ3n) is 3.56. The normalized spacial score (nSPS) is 24.2. The topological polar surface area (TPSA) is 21.3 Å². The highest BCUT2D eigenvalue weighted by molar-refractivity contribution is 5.26. The molecule has 1 aliphatic rings. The number of aryl methyl sites for hydroxylation is 1. The van der Waals surface area contributed by atoms with Gasteiger partial charge in [-0.25, -0.2) is 4.39 Å². The van der Waals surface area contributed by atoms with E-state index in [4.69, 9.17) is 4.74 Å². The average Bonchev–Trinajstić information content (AvgIpc) is 2.68. The van der Waals surface area contributed by atoms with Crippen LogP contribution in [0.3, 0.4) is 0 Å². The summed E-state index contributed by atoms with van der Waals surface area (Å²) in [7, 11) is 0. The molecule has 1 N–H and O–H groups in total. The van der Waals surface area contributed by atoms with Crippen molar-refractivity contribution in [2.24, 2.45) is 5.92 Å². The molecule has 3 heteroatoms. The quantitative estimate of drug-likeness (QED) is 0.869. The van der Waals surface area contributed by atoms with Crippen LogP contribution < -0.4 is 5.32 Å². The van der Waals surface area contributed by atoms with Crippen LogP contribution in [0.1, 0.15) is 24.5 Å². The maximum Gasteiger partial charge on any atom is 0.123 e. The van der Waals surface area contributed by atoms with Gasteiger partial charge in [0.15, 0.2) is 0 Å². The van der Waals surface area contributed by atoms with Crippen molar-refractivity contribution >= 4 is 0 Å². The number of ether oxygens (including phenoxy) is 1. The average molecular weight is 237 g/mol. The first-order valence-corrected chi connectivity index (χ1v) is 6.24. The van der Waals surface area contributed by atoms with Crippen molar-refractivity contribution in [1.82, 2.24) is 5.32 Å². The number of benzene rings is 1. The van der Waals surface area contributed by atoms with E-state index in [9.17, 15) is 4.39 Å². The molecule has 17 heavy (non-hydrogen) atoms. The molecule has 0 radical (unpaired) electrons. The predicted molar refractivity (Wildman–Crippen MR) is 66.4 cm³/mol. The van der Waals surface area contributed by atoms with E-state index < -0.39 is 0 Å². The number of rotatable bonds is 4. The molecule has 1 heterocycles. The molecule has 0 saturated carbocycles. The first kappa shape index (κ1) is 12.5. The number of halogens is 1. The molecule has 0 bridgehead atoms. The number of nitrogens with one attached hydrogen (secondary N) is 1. The SMILES string of the molecule is Cc1cc(F)ccc1CNCC1CCOC1C. The Hall–Kier alpha value is -0.930. The van der Waals surface area contributed by atoms with Gasteiger partial charge in [0.05, 0.1) is 6.10 Å². The highest BCUT2D eigenvalue weighted by Gasteiger charge is 2.23. The molecule has 0 aromatic heterocycles. The molecule has 1 fully saturated rings. The minimum atomic E-state index is -0.163. The molecule has 2 rings (SSSR count). The van der Waals surface area contributed by atoms with Gasteiger partial charge in [0.1, 0.15) is 5.82 Å². The van der Waals surface area contributed by atoms with E-state index in [-0.39, 0.29) is 5.82 Å². The zero-order valence-corrected chi connectivity index (χ0v) is 10.5. The molecule has 1 aliphatic heterocycles. The summed E-state index contributed by atoms with van der Waals surface area (Å²) < 4.78 is 18.4. The Labute approximate surface area is 102 Å². The third-order valence-corrected chi connectivity index (χ3v) is 3.56. The summed E-state index contributed by atoms with van der Waals surface area (Å²) in [4.78, 5) is 0. The van der Waals surface area contributed by atoms with Crippen LogP contribution in [-0.2, 0) is 11.3 Å². The van der Waals surface area contributed by atoms with Crippen molar-refractivity contribution < 1.29 is 9.13 Å². The van der Waals surface area contributed by atoms with Crippen LogP contribution in [0.15, 0.2) is 18.2 Å². The second-order valence-corrected chi connectivity index (χ2v) is 4.83. The van der Waals surface area contributed by atoms with Crippen LogP contribution in [0, 0.1) is 18.7 Å². The lowest BCUT2D eigenvalue weighted by Crippen LogP contribution is -2.26. The summed E-state index contributed by atoms with van der Waals surface area (Å²) in [5, 5.41) is 3.43. The standard InChI is InChI=1S/C14H20FNO/c1-10-7-14(15)4-3-12(10)8-16-9-13-5-6-17-11(13)2/h3-4,7,11,13,16H,5-6,8-9H2,1-2H3. The van der Waals surface area contributed by atoms with Crippen molar-refractivity contribution in [2.75, 3.05) is 13.2 Å². The van der Waals surface area contributed by atoms with E-state index in [0.717, 1.165) is 37.2 Å². The Morgan fingerprint density at radius 1 is 1.47 bits per heavy atom. The third kappa shape index (κ3) is 3.27. The summed E-state index contributed by atoms with van der Waals surface area (Å²) >= 11 is 0. The zero-order valence-electron chi connectivity index (χ0n) is 10.5. The second kappa shape index (κ2) is 5.61. The monoisotopic (exact) mass is 237 g/mol. The Balaban J connectivity index is 1.81. The van der Waals surface area contributed by atoms with E-state index in [0.29, 0.717) is 12.0 Å². The van der Waals surface area contributed by atoms with Crippen LogP contribution >= 0.6 is 0 Å². The summed E-state index contributed by atoms with van der Waals surface area (Å²) in [5.41, 5.74) is 2.17. The van der Waals surface area contributed by atoms with E-state index in [1.165, 1.54) is 6.07 Å². The molecule has 2 nitrogen and oxygen atoms in total. The van der Waals surface area contributed by atoms with Gasteiger partial charge in [-0.15, -0.1) is 0 Å². The first-order valence-electron chi connectivity index (χ1n) is 6.24. The highest BCUT2D eigenvalue weighted by atomic mass is 19.1. The van der Waals surface area contributed by atoms with Gasteiger partial charge < -0.3 is 10.1 Å². The number of hydrogen-bond acceptors (Lipinski definition) is 2. The maximum absolute atomic E-state index is 12.9. The molecule has 94 valence electrons. The molecular weight excluding hydrogens is 217 g/mol. The van der Waals surface area contributed by atoms with Gasteiger partial charge in [0, 0.05) is 19.7 Å². The van der Waals surface area contributed by atoms with Crippen molar-refractivity contribution in [3.8, 4) is 0 Å². The summed E-state index contributed by atoms with van der Waals surface area (Å²) in [6.07, 6.45) is 1.49. The lowest BCUT2D eigenvalue weighted by atomic mass is 10.0. The summed E-state index contributed by atoms with van der Waals surface area (Å²) in [6.45, 7) is 6.72. The fraction of sp³-hybridized carbons (Fsp3) is 0.571. The maximum atomic E-state index is 12.9. The smallest absolute Gasteiger partial charge is 0.123 e. The molecule has 2 atom stereocenters. The van der Waals surface area contributed by atoms with E-state index >= 15 is 0 Å². The van der Waals surface area contributed by atoms with E-state index in [1.807, 2.05) is 13.0 Å². The van der Waals surface area contributed by atoms with Gasteiger partial charge in [-0.1, -0.05) is 6.07 Å². The lowest BCUT2D eigenvalue weighted by molar-refractivity contribution is 0.105. The van der Waals surface area contributed by atoms with Gasteiger partial charge in [-0.05, 0) is 49.4 Å². The Morgan fingerprint density at radius 2 is 2.29 bits per heavy atom. The fourth-order valence-corrected chi connectivity index (χ4v) is 2.29. The second-order valence-electron chi connectivity index (χ2n) is 4.83. The van der Waals surface area contributed by atoms with Gasteiger partial charge in [0.25, 0.3) is 0 Å². The lowest BCUT2D eigenvalue weighted by Gasteiger charge is -2.15. The minimum absolute atomic E-state index is 0.163. The number of hydrogen-bond donors (Lipinski definition) is 1. The van der Waals surface area contributed by atoms with Crippen LogP contribution in [0.25, 0.3) is 0 Å². The molecule has 2 unspecified atom stereocenters. The predicted octanol–water partition coefficient (Wildman–Crippen LogP) is 2.65. The van der Waals surface area contributed by atoms with Crippen molar-refractivity contribution in [3.63, 3.8) is 0 Å². The molecule has 0 aliphatic carbocycles. The van der Waals surface area contributed by atoms with E-state index in [2.05, 4.69) is 12.2 Å². The Morgan fingerprint density at radius 3 is 2.94 bits per heavy atom. The molecule has 1 aromatic carbocycles. The van der Waals surface area contributed by atoms with Crippen molar-refractivity contribution in [1.29, 1.82) is 0 Å². The summed E-state index contributed by atoms with van der Waals surface area (Å²) in [5.74, 6) is 0.444. The molecule has 0 spiro atoms. The van der Waals surface area contributed by atoms with Crippen molar-refractivity contribution in [2.45, 2.75) is 32.9 Å². The van der Waals surface area contributed by atoms with Crippen LogP contribution in [0.4, 0.5) is 4.39 Å². The Bertz CT molecular complexity index is 380. The first-order chi connectivity index (χ1) is 8.16. The molecule has 1 saturated heterocycles. The largest absolute Gasteiger partial charge is 0.378 e. The van der Waals surface area contributed by atoms with Crippen LogP contribution in [0.5, 0.6) is 0 Å². The molecule has 1 aromatic rings. The fourth-order valence-electron chi connectivity index (χ4n) is 2.29. The van der Waals surface area contributed by atoms with Gasteiger partial charge in [0.2, 0.25) is 0 Å². The molecule has 0 amide bonds. The minimum Gasteiger partial charge on any atom is -0.378 e.